The summed E-state index contributed by atoms with van der Waals surface area (Å²) in [6.07, 6.45) is 3.03. The van der Waals surface area contributed by atoms with Gasteiger partial charge in [-0.05, 0) is 42.0 Å². The predicted molar refractivity (Wildman–Crippen MR) is 74.9 cm³/mol. The molecule has 1 aromatic rings. The summed E-state index contributed by atoms with van der Waals surface area (Å²) in [6.45, 7) is 6.43. The number of halogens is 1. The van der Waals surface area contributed by atoms with Crippen LogP contribution >= 0.6 is 27.7 Å². The zero-order valence-corrected chi connectivity index (χ0v) is 12.5. The van der Waals surface area contributed by atoms with Crippen molar-refractivity contribution in [2.24, 2.45) is 5.73 Å². The Morgan fingerprint density at radius 2 is 2.25 bits per heavy atom. The van der Waals surface area contributed by atoms with E-state index in [1.807, 2.05) is 22.6 Å². The average Bonchev–Trinajstić information content (AvgIpc) is 2.60. The van der Waals surface area contributed by atoms with Crippen molar-refractivity contribution >= 4 is 27.7 Å². The zero-order chi connectivity index (χ0) is 12.1. The fraction of sp³-hybridized carbons (Fsp3) is 0.727. The summed E-state index contributed by atoms with van der Waals surface area (Å²) in [5.74, 6) is 2.12. The molecule has 3 nitrogen and oxygen atoms in total. The molecule has 0 aromatic carbocycles. The molecule has 1 atom stereocenters. The van der Waals surface area contributed by atoms with E-state index in [0.29, 0.717) is 6.04 Å². The third-order valence-corrected chi connectivity index (χ3v) is 4.18. The molecule has 0 amide bonds. The highest BCUT2D eigenvalue weighted by Gasteiger charge is 2.17. The Morgan fingerprint density at radius 1 is 1.56 bits per heavy atom. The lowest BCUT2D eigenvalue weighted by Gasteiger charge is -2.17. The van der Waals surface area contributed by atoms with Crippen molar-refractivity contribution in [2.75, 3.05) is 11.5 Å². The van der Waals surface area contributed by atoms with Crippen molar-refractivity contribution < 1.29 is 0 Å². The first kappa shape index (κ1) is 14.1. The maximum atomic E-state index is 6.21. The van der Waals surface area contributed by atoms with Gasteiger partial charge in [0.05, 0.1) is 22.4 Å². The minimum atomic E-state index is 0.0517. The third kappa shape index (κ3) is 3.50. The fourth-order valence-electron chi connectivity index (χ4n) is 1.54. The van der Waals surface area contributed by atoms with E-state index in [-0.39, 0.29) is 6.04 Å². The molecule has 0 saturated carbocycles. The summed E-state index contributed by atoms with van der Waals surface area (Å²) < 4.78 is 3.02. The molecule has 0 fully saturated rings. The van der Waals surface area contributed by atoms with E-state index in [1.165, 1.54) is 12.2 Å². The van der Waals surface area contributed by atoms with Gasteiger partial charge >= 0.3 is 0 Å². The van der Waals surface area contributed by atoms with Gasteiger partial charge in [-0.2, -0.15) is 16.9 Å². The SMILES string of the molecule is CCCSCC(N)c1c(Br)cnn1C(C)C. The topological polar surface area (TPSA) is 43.8 Å². The maximum absolute atomic E-state index is 6.21. The van der Waals surface area contributed by atoms with Crippen LogP contribution in [0.5, 0.6) is 0 Å². The maximum Gasteiger partial charge on any atom is 0.0704 e. The van der Waals surface area contributed by atoms with Crippen LogP contribution in [0, 0.1) is 0 Å². The highest BCUT2D eigenvalue weighted by molar-refractivity contribution is 9.10. The Labute approximate surface area is 110 Å². The average molecular weight is 306 g/mol. The molecule has 5 heteroatoms. The lowest BCUT2D eigenvalue weighted by molar-refractivity contribution is 0.494. The second kappa shape index (κ2) is 6.67. The van der Waals surface area contributed by atoms with Crippen LogP contribution in [-0.2, 0) is 0 Å². The van der Waals surface area contributed by atoms with Gasteiger partial charge < -0.3 is 5.73 Å². The van der Waals surface area contributed by atoms with Crippen LogP contribution in [0.25, 0.3) is 0 Å². The van der Waals surface area contributed by atoms with Gasteiger partial charge in [-0.15, -0.1) is 0 Å². The van der Waals surface area contributed by atoms with Crippen molar-refractivity contribution in [2.45, 2.75) is 39.3 Å². The molecule has 0 saturated heterocycles. The first-order valence-electron chi connectivity index (χ1n) is 5.64. The standard InChI is InChI=1S/C11H20BrN3S/c1-4-5-16-7-10(13)11-9(12)6-14-15(11)8(2)3/h6,8,10H,4-5,7,13H2,1-3H3. The lowest BCUT2D eigenvalue weighted by atomic mass is 10.2. The van der Waals surface area contributed by atoms with Crippen molar-refractivity contribution in [3.63, 3.8) is 0 Å². The molecule has 0 radical (unpaired) electrons. The van der Waals surface area contributed by atoms with E-state index < -0.39 is 0 Å². The van der Waals surface area contributed by atoms with Gasteiger partial charge in [-0.3, -0.25) is 4.68 Å². The van der Waals surface area contributed by atoms with Gasteiger partial charge in [-0.25, -0.2) is 0 Å². The van der Waals surface area contributed by atoms with Crippen molar-refractivity contribution in [1.29, 1.82) is 0 Å². The van der Waals surface area contributed by atoms with Gasteiger partial charge in [0.15, 0.2) is 0 Å². The molecule has 16 heavy (non-hydrogen) atoms. The van der Waals surface area contributed by atoms with E-state index in [9.17, 15) is 0 Å². The fourth-order valence-corrected chi connectivity index (χ4v) is 2.98. The Kier molecular flexibility index (Phi) is 5.86. The summed E-state index contributed by atoms with van der Waals surface area (Å²) >= 11 is 5.42. The van der Waals surface area contributed by atoms with Gasteiger partial charge in [0.25, 0.3) is 0 Å². The largest absolute Gasteiger partial charge is 0.322 e. The second-order valence-corrected chi connectivity index (χ2v) is 6.10. The third-order valence-electron chi connectivity index (χ3n) is 2.27. The number of thioether (sulfide) groups is 1. The minimum Gasteiger partial charge on any atom is -0.322 e. The highest BCUT2D eigenvalue weighted by Crippen LogP contribution is 2.26. The minimum absolute atomic E-state index is 0.0517. The molecule has 0 aliphatic rings. The quantitative estimate of drug-likeness (QED) is 0.820. The molecule has 0 aliphatic heterocycles. The van der Waals surface area contributed by atoms with Crippen LogP contribution in [0.3, 0.4) is 0 Å². The first-order chi connectivity index (χ1) is 7.57. The first-order valence-corrected chi connectivity index (χ1v) is 7.58. The number of rotatable bonds is 6. The monoisotopic (exact) mass is 305 g/mol. The molecule has 2 N–H and O–H groups in total. The molecule has 0 spiro atoms. The summed E-state index contributed by atoms with van der Waals surface area (Å²) in [5.41, 5.74) is 7.32. The highest BCUT2D eigenvalue weighted by atomic mass is 79.9. The molecule has 1 rings (SSSR count). The molecule has 1 heterocycles. The lowest BCUT2D eigenvalue weighted by Crippen LogP contribution is -2.20. The Balaban J connectivity index is 2.73. The molecule has 1 unspecified atom stereocenters. The van der Waals surface area contributed by atoms with Gasteiger partial charge in [0.2, 0.25) is 0 Å². The predicted octanol–water partition coefficient (Wildman–Crippen LogP) is 3.37. The smallest absolute Gasteiger partial charge is 0.0704 e. The molecule has 0 aliphatic carbocycles. The Bertz CT molecular complexity index is 325. The summed E-state index contributed by atoms with van der Waals surface area (Å²) in [5, 5.41) is 4.35. The van der Waals surface area contributed by atoms with Crippen LogP contribution in [0.15, 0.2) is 10.7 Å². The van der Waals surface area contributed by atoms with Crippen molar-refractivity contribution in [3.05, 3.63) is 16.4 Å². The van der Waals surface area contributed by atoms with Crippen LogP contribution < -0.4 is 5.73 Å². The summed E-state index contributed by atoms with van der Waals surface area (Å²) in [7, 11) is 0. The van der Waals surface area contributed by atoms with E-state index in [1.54, 1.807) is 0 Å². The molecular weight excluding hydrogens is 286 g/mol. The van der Waals surface area contributed by atoms with E-state index in [4.69, 9.17) is 5.73 Å². The van der Waals surface area contributed by atoms with Crippen LogP contribution in [-0.4, -0.2) is 21.3 Å². The number of aromatic nitrogens is 2. The summed E-state index contributed by atoms with van der Waals surface area (Å²) in [4.78, 5) is 0. The van der Waals surface area contributed by atoms with Crippen molar-refractivity contribution in [3.8, 4) is 0 Å². The second-order valence-electron chi connectivity index (χ2n) is 4.10. The molecule has 0 bridgehead atoms. The van der Waals surface area contributed by atoms with Crippen LogP contribution in [0.4, 0.5) is 0 Å². The van der Waals surface area contributed by atoms with Gasteiger partial charge in [-0.1, -0.05) is 6.92 Å². The normalized spacial score (nSPS) is 13.4. The Morgan fingerprint density at radius 3 is 2.81 bits per heavy atom. The van der Waals surface area contributed by atoms with Crippen LogP contribution in [0.2, 0.25) is 0 Å². The molecule has 92 valence electrons. The number of nitrogens with two attached hydrogens (primary N) is 1. The van der Waals surface area contributed by atoms with E-state index >= 15 is 0 Å². The Hall–Kier alpha value is 0. The van der Waals surface area contributed by atoms with E-state index in [2.05, 4.69) is 41.8 Å². The number of nitrogens with zero attached hydrogens (tertiary/aromatic N) is 2. The zero-order valence-electron chi connectivity index (χ0n) is 10.1. The summed E-state index contributed by atoms with van der Waals surface area (Å²) in [6, 6.07) is 0.402. The molecule has 1 aromatic heterocycles. The number of hydrogen-bond donors (Lipinski definition) is 1. The number of hydrogen-bond acceptors (Lipinski definition) is 3. The van der Waals surface area contributed by atoms with Crippen molar-refractivity contribution in [1.82, 2.24) is 9.78 Å². The molecular formula is C11H20BrN3S. The van der Waals surface area contributed by atoms with E-state index in [0.717, 1.165) is 15.9 Å². The van der Waals surface area contributed by atoms with Gasteiger partial charge in [0, 0.05) is 11.8 Å². The van der Waals surface area contributed by atoms with Crippen LogP contribution in [0.1, 0.15) is 45.0 Å². The van der Waals surface area contributed by atoms with Gasteiger partial charge in [0.1, 0.15) is 0 Å².